The normalized spacial score (nSPS) is 12.7. The van der Waals surface area contributed by atoms with Gasteiger partial charge in [-0.3, -0.25) is 14.4 Å². The molecule has 4 N–H and O–H groups in total. The Morgan fingerprint density at radius 2 is 1.79 bits per heavy atom. The molecule has 0 rings (SSSR count). The SMILES string of the molecule is CCC(=O)NC(CC(=O)C(C)(C)C)C(=O)NCCN. The van der Waals surface area contributed by atoms with Crippen LogP contribution in [0.1, 0.15) is 40.5 Å². The summed E-state index contributed by atoms with van der Waals surface area (Å²) in [4.78, 5) is 35.3. The number of amides is 2. The van der Waals surface area contributed by atoms with Gasteiger partial charge in [-0.05, 0) is 0 Å². The Kier molecular flexibility index (Phi) is 7.29. The highest BCUT2D eigenvalue weighted by atomic mass is 16.2. The van der Waals surface area contributed by atoms with Gasteiger partial charge in [0, 0.05) is 31.3 Å². The van der Waals surface area contributed by atoms with Crippen LogP contribution in [0.5, 0.6) is 0 Å². The Bertz CT molecular complexity index is 335. The van der Waals surface area contributed by atoms with Crippen LogP contribution in [0, 0.1) is 5.41 Å². The average Bonchev–Trinajstić information content (AvgIpc) is 2.33. The Morgan fingerprint density at radius 1 is 1.21 bits per heavy atom. The van der Waals surface area contributed by atoms with Crippen molar-refractivity contribution in [1.82, 2.24) is 10.6 Å². The van der Waals surface area contributed by atoms with Crippen LogP contribution in [0.15, 0.2) is 0 Å². The van der Waals surface area contributed by atoms with Crippen molar-refractivity contribution in [3.05, 3.63) is 0 Å². The lowest BCUT2D eigenvalue weighted by Crippen LogP contribution is -2.49. The maximum absolute atomic E-state index is 12.0. The molecule has 0 aromatic rings. The van der Waals surface area contributed by atoms with Crippen LogP contribution in [0.25, 0.3) is 0 Å². The van der Waals surface area contributed by atoms with Crippen molar-refractivity contribution in [3.8, 4) is 0 Å². The monoisotopic (exact) mass is 271 g/mol. The third kappa shape index (κ3) is 6.91. The largest absolute Gasteiger partial charge is 0.353 e. The second-order valence-corrected chi connectivity index (χ2v) is 5.43. The minimum Gasteiger partial charge on any atom is -0.353 e. The lowest BCUT2D eigenvalue weighted by atomic mass is 9.87. The molecule has 2 amide bonds. The highest BCUT2D eigenvalue weighted by molar-refractivity contribution is 5.94. The van der Waals surface area contributed by atoms with Crippen LogP contribution in [0.4, 0.5) is 0 Å². The fraction of sp³-hybridized carbons (Fsp3) is 0.769. The number of nitrogens with one attached hydrogen (secondary N) is 2. The summed E-state index contributed by atoms with van der Waals surface area (Å²) < 4.78 is 0. The fourth-order valence-electron chi connectivity index (χ4n) is 1.32. The van der Waals surface area contributed by atoms with Crippen molar-refractivity contribution in [2.45, 2.75) is 46.6 Å². The average molecular weight is 271 g/mol. The molecule has 6 heteroatoms. The molecular formula is C13H25N3O3. The number of ketones is 1. The Morgan fingerprint density at radius 3 is 2.21 bits per heavy atom. The van der Waals surface area contributed by atoms with E-state index in [9.17, 15) is 14.4 Å². The van der Waals surface area contributed by atoms with Crippen LogP contribution in [0.2, 0.25) is 0 Å². The molecule has 0 aromatic carbocycles. The summed E-state index contributed by atoms with van der Waals surface area (Å²) in [6.07, 6.45) is 0.260. The van der Waals surface area contributed by atoms with Crippen LogP contribution in [0.3, 0.4) is 0 Å². The smallest absolute Gasteiger partial charge is 0.243 e. The number of nitrogens with two attached hydrogens (primary N) is 1. The van der Waals surface area contributed by atoms with Crippen molar-refractivity contribution < 1.29 is 14.4 Å². The van der Waals surface area contributed by atoms with Gasteiger partial charge in [0.25, 0.3) is 0 Å². The van der Waals surface area contributed by atoms with E-state index >= 15 is 0 Å². The van der Waals surface area contributed by atoms with E-state index in [2.05, 4.69) is 10.6 Å². The zero-order chi connectivity index (χ0) is 15.1. The molecule has 0 aliphatic rings. The predicted molar refractivity (Wildman–Crippen MR) is 73.4 cm³/mol. The van der Waals surface area contributed by atoms with E-state index < -0.39 is 11.5 Å². The second-order valence-electron chi connectivity index (χ2n) is 5.43. The first-order valence-electron chi connectivity index (χ1n) is 6.52. The number of Topliss-reactive ketones (excluding diaryl/α,β-unsaturated/α-hetero) is 1. The predicted octanol–water partition coefficient (Wildman–Crippen LogP) is -0.0386. The van der Waals surface area contributed by atoms with E-state index in [0.717, 1.165) is 0 Å². The van der Waals surface area contributed by atoms with Crippen molar-refractivity contribution in [2.75, 3.05) is 13.1 Å². The molecule has 0 saturated heterocycles. The maximum Gasteiger partial charge on any atom is 0.243 e. The first-order valence-corrected chi connectivity index (χ1v) is 6.52. The third-order valence-electron chi connectivity index (χ3n) is 2.64. The van der Waals surface area contributed by atoms with Gasteiger partial charge in [-0.2, -0.15) is 0 Å². The van der Waals surface area contributed by atoms with Crippen LogP contribution < -0.4 is 16.4 Å². The molecule has 1 unspecified atom stereocenters. The van der Waals surface area contributed by atoms with Gasteiger partial charge in [0.15, 0.2) is 0 Å². The summed E-state index contributed by atoms with van der Waals surface area (Å²) in [6.45, 7) is 7.67. The van der Waals surface area contributed by atoms with Gasteiger partial charge >= 0.3 is 0 Å². The van der Waals surface area contributed by atoms with E-state index in [-0.39, 0.29) is 30.4 Å². The van der Waals surface area contributed by atoms with E-state index in [4.69, 9.17) is 5.73 Å². The van der Waals surface area contributed by atoms with Crippen molar-refractivity contribution in [1.29, 1.82) is 0 Å². The quantitative estimate of drug-likeness (QED) is 0.605. The number of carbonyl (C=O) groups is 3. The number of hydrogen-bond acceptors (Lipinski definition) is 4. The standard InChI is InChI=1S/C13H25N3O3/c1-5-11(18)16-9(12(19)15-7-6-14)8-10(17)13(2,3)4/h9H,5-8,14H2,1-4H3,(H,15,19)(H,16,18). The fourth-order valence-corrected chi connectivity index (χ4v) is 1.32. The summed E-state index contributed by atoms with van der Waals surface area (Å²) >= 11 is 0. The molecule has 0 heterocycles. The Balaban J connectivity index is 4.71. The Labute approximate surface area is 114 Å². The van der Waals surface area contributed by atoms with Crippen LogP contribution >= 0.6 is 0 Å². The van der Waals surface area contributed by atoms with Gasteiger partial charge in [-0.25, -0.2) is 0 Å². The summed E-state index contributed by atoms with van der Waals surface area (Å²) in [7, 11) is 0. The van der Waals surface area contributed by atoms with Crippen molar-refractivity contribution >= 4 is 17.6 Å². The van der Waals surface area contributed by atoms with Gasteiger partial charge in [0.05, 0.1) is 0 Å². The zero-order valence-electron chi connectivity index (χ0n) is 12.2. The highest BCUT2D eigenvalue weighted by Gasteiger charge is 2.28. The minimum atomic E-state index is -0.828. The molecule has 0 aliphatic heterocycles. The summed E-state index contributed by atoms with van der Waals surface area (Å²) in [6, 6.07) is -0.828. The molecule has 0 saturated carbocycles. The van der Waals surface area contributed by atoms with Crippen LogP contribution in [-0.4, -0.2) is 36.7 Å². The van der Waals surface area contributed by atoms with E-state index in [1.165, 1.54) is 0 Å². The molecule has 6 nitrogen and oxygen atoms in total. The van der Waals surface area contributed by atoms with Crippen molar-refractivity contribution in [2.24, 2.45) is 11.1 Å². The van der Waals surface area contributed by atoms with E-state index in [1.54, 1.807) is 27.7 Å². The summed E-state index contributed by atoms with van der Waals surface area (Å²) in [5, 5.41) is 5.15. The molecule has 0 bridgehead atoms. The van der Waals surface area contributed by atoms with Crippen molar-refractivity contribution in [3.63, 3.8) is 0 Å². The molecule has 19 heavy (non-hydrogen) atoms. The molecular weight excluding hydrogens is 246 g/mol. The molecule has 0 radical (unpaired) electrons. The lowest BCUT2D eigenvalue weighted by Gasteiger charge is -2.22. The number of rotatable bonds is 7. The molecule has 0 aliphatic carbocycles. The van der Waals surface area contributed by atoms with Gasteiger partial charge in [-0.1, -0.05) is 27.7 Å². The molecule has 110 valence electrons. The Hall–Kier alpha value is -1.43. The number of hydrogen-bond donors (Lipinski definition) is 3. The van der Waals surface area contributed by atoms with Gasteiger partial charge < -0.3 is 16.4 Å². The van der Waals surface area contributed by atoms with Crippen LogP contribution in [-0.2, 0) is 14.4 Å². The second kappa shape index (κ2) is 7.89. The summed E-state index contributed by atoms with van der Waals surface area (Å²) in [5.41, 5.74) is 4.77. The number of carbonyl (C=O) groups excluding carboxylic acids is 3. The van der Waals surface area contributed by atoms with Gasteiger partial charge in [-0.15, -0.1) is 0 Å². The van der Waals surface area contributed by atoms with Gasteiger partial charge in [0.1, 0.15) is 11.8 Å². The first kappa shape index (κ1) is 17.6. The van der Waals surface area contributed by atoms with Gasteiger partial charge in [0.2, 0.25) is 11.8 Å². The third-order valence-corrected chi connectivity index (χ3v) is 2.64. The molecule has 0 aromatic heterocycles. The van der Waals surface area contributed by atoms with E-state index in [1.807, 2.05) is 0 Å². The lowest BCUT2D eigenvalue weighted by molar-refractivity contribution is -0.133. The molecule has 0 spiro atoms. The first-order chi connectivity index (χ1) is 8.72. The zero-order valence-corrected chi connectivity index (χ0v) is 12.2. The maximum atomic E-state index is 12.0. The minimum absolute atomic E-state index is 0.00829. The highest BCUT2D eigenvalue weighted by Crippen LogP contribution is 2.17. The molecule has 1 atom stereocenters. The summed E-state index contributed by atoms with van der Waals surface area (Å²) in [5.74, 6) is -0.698. The van der Waals surface area contributed by atoms with E-state index in [0.29, 0.717) is 13.1 Å². The topological polar surface area (TPSA) is 101 Å². The molecule has 0 fully saturated rings.